The smallest absolute Gasteiger partial charge is 0.259 e. The Morgan fingerprint density at radius 1 is 0.554 bits per heavy atom. The second-order valence-electron chi connectivity index (χ2n) is 15.2. The van der Waals surface area contributed by atoms with E-state index in [1.807, 2.05) is 58.4 Å². The Balaban J connectivity index is 1.20. The fraction of sp³-hybridized carbons (Fsp3) is 0.333. The van der Waals surface area contributed by atoms with E-state index < -0.39 is 0 Å². The number of amides is 2. The topological polar surface area (TPSA) is 66.9 Å². The Morgan fingerprint density at radius 3 is 1.36 bits per heavy atom. The van der Waals surface area contributed by atoms with Crippen LogP contribution in [0.25, 0.3) is 54.6 Å². The number of carbonyl (C=O) groups is 2. The van der Waals surface area contributed by atoms with Gasteiger partial charge in [-0.2, -0.15) is 0 Å². The minimum atomic E-state index is -0.0957. The number of nitrogens with zero attached hydrogens (tertiary/aromatic N) is 2. The summed E-state index contributed by atoms with van der Waals surface area (Å²) in [6.45, 7) is 10.1. The maximum atomic E-state index is 14.8. The van der Waals surface area contributed by atoms with Gasteiger partial charge in [0, 0.05) is 23.9 Å². The summed E-state index contributed by atoms with van der Waals surface area (Å²) in [5.74, 6) is 2.15. The number of furan rings is 2. The molecule has 0 saturated carbocycles. The van der Waals surface area contributed by atoms with Crippen LogP contribution in [0, 0.1) is 11.8 Å². The van der Waals surface area contributed by atoms with E-state index in [0.29, 0.717) is 36.1 Å². The summed E-state index contributed by atoms with van der Waals surface area (Å²) >= 11 is 3.25. The van der Waals surface area contributed by atoms with Crippen LogP contribution in [0.3, 0.4) is 0 Å². The van der Waals surface area contributed by atoms with Crippen molar-refractivity contribution in [1.82, 2.24) is 9.80 Å². The molecule has 0 saturated heterocycles. The number of thiophene rings is 2. The monoisotopic (exact) mass is 782 g/mol. The van der Waals surface area contributed by atoms with Crippen molar-refractivity contribution >= 4 is 67.8 Å². The molecule has 2 aromatic carbocycles. The molecule has 2 atom stereocenters. The van der Waals surface area contributed by atoms with Crippen LogP contribution >= 0.6 is 22.7 Å². The average Bonchev–Trinajstić information content (AvgIpc) is 4.08. The van der Waals surface area contributed by atoms with Crippen LogP contribution in [0.15, 0.2) is 117 Å². The summed E-state index contributed by atoms with van der Waals surface area (Å²) in [6, 6.07) is 28.6. The van der Waals surface area contributed by atoms with Gasteiger partial charge in [-0.15, -0.1) is 22.7 Å². The lowest BCUT2D eigenvalue weighted by Crippen LogP contribution is -2.33. The van der Waals surface area contributed by atoms with Gasteiger partial charge in [0.2, 0.25) is 0 Å². The van der Waals surface area contributed by atoms with Crippen molar-refractivity contribution in [2.45, 2.75) is 79.1 Å². The second kappa shape index (κ2) is 16.7. The predicted molar refractivity (Wildman–Crippen MR) is 232 cm³/mol. The molecule has 6 aromatic rings. The summed E-state index contributed by atoms with van der Waals surface area (Å²) in [4.78, 5) is 37.4. The average molecular weight is 783 g/mol. The molecule has 288 valence electrons. The highest BCUT2D eigenvalue weighted by Gasteiger charge is 2.39. The van der Waals surface area contributed by atoms with Crippen molar-refractivity contribution in [1.29, 1.82) is 0 Å². The highest BCUT2D eigenvalue weighted by atomic mass is 32.1. The molecule has 0 bridgehead atoms. The van der Waals surface area contributed by atoms with E-state index >= 15 is 0 Å². The lowest BCUT2D eigenvalue weighted by Gasteiger charge is -2.26. The van der Waals surface area contributed by atoms with Gasteiger partial charge in [0.1, 0.15) is 22.7 Å². The molecule has 2 amide bonds. The lowest BCUT2D eigenvalue weighted by molar-refractivity contribution is -0.126. The third kappa shape index (κ3) is 7.49. The number of carbonyl (C=O) groups excluding carboxylic acids is 2. The number of para-hydroxylation sites is 2. The van der Waals surface area contributed by atoms with Gasteiger partial charge in [-0.25, -0.2) is 0 Å². The van der Waals surface area contributed by atoms with E-state index in [-0.39, 0.29) is 11.8 Å². The SMILES string of the molecule is CCCC[C@@H](CC)CN1C(=O)/C(=C2\C=C(c3ccc(-c4cc5ccccc5o4)s3)N(C[C@@H](CC)CCCC)C2=O)C=C1c1ccc(-c2cc3ccccc3o2)s1. The van der Waals surface area contributed by atoms with Crippen LogP contribution in [-0.4, -0.2) is 34.7 Å². The molecule has 0 spiro atoms. The Morgan fingerprint density at radius 2 is 0.964 bits per heavy atom. The van der Waals surface area contributed by atoms with E-state index in [1.165, 1.54) is 0 Å². The van der Waals surface area contributed by atoms with Crippen LogP contribution in [0.4, 0.5) is 0 Å². The molecule has 0 fully saturated rings. The largest absolute Gasteiger partial charge is 0.455 e. The Hall–Kier alpha value is -4.92. The molecule has 0 aliphatic carbocycles. The van der Waals surface area contributed by atoms with Gasteiger partial charge < -0.3 is 18.6 Å². The predicted octanol–water partition coefficient (Wildman–Crippen LogP) is 13.4. The van der Waals surface area contributed by atoms with E-state index in [4.69, 9.17) is 8.83 Å². The van der Waals surface area contributed by atoms with Crippen molar-refractivity contribution < 1.29 is 18.4 Å². The molecule has 6 nitrogen and oxygen atoms in total. The standard InChI is InChI=1S/C48H50N2O4S2/c1-5-9-15-31(7-3)29-49-37(43-21-23-45(55-43)41-25-33-17-11-13-19-39(33)53-41)27-35(47(49)51)36-28-38(50(48(36)52)30-32(8-4)16-10-6-2)44-22-24-46(56-44)42-26-34-18-12-14-20-40(34)54-42/h11-14,17-28,31-32H,5-10,15-16,29-30H2,1-4H3/b36-35+/t31-,32+. The molecule has 8 heteroatoms. The molecule has 4 aromatic heterocycles. The number of hydrogen-bond acceptors (Lipinski definition) is 6. The van der Waals surface area contributed by atoms with E-state index in [2.05, 4.69) is 76.2 Å². The van der Waals surface area contributed by atoms with Crippen LogP contribution in [0.5, 0.6) is 0 Å². The summed E-state index contributed by atoms with van der Waals surface area (Å²) in [5, 5.41) is 2.12. The minimum Gasteiger partial charge on any atom is -0.455 e. The van der Waals surface area contributed by atoms with Crippen molar-refractivity contribution in [3.8, 4) is 21.3 Å². The fourth-order valence-electron chi connectivity index (χ4n) is 7.99. The molecule has 56 heavy (non-hydrogen) atoms. The zero-order chi connectivity index (χ0) is 38.8. The summed E-state index contributed by atoms with van der Waals surface area (Å²) in [5.41, 5.74) is 4.38. The number of benzene rings is 2. The number of fused-ring (bicyclic) bond motifs is 2. The molecule has 2 aliphatic heterocycles. The van der Waals surface area contributed by atoms with Gasteiger partial charge in [0.25, 0.3) is 11.8 Å². The number of rotatable bonds is 16. The molecular formula is C48H50N2O4S2. The third-order valence-electron chi connectivity index (χ3n) is 11.4. The molecule has 0 unspecified atom stereocenters. The van der Waals surface area contributed by atoms with Gasteiger partial charge in [-0.05, 0) is 85.4 Å². The van der Waals surface area contributed by atoms with Crippen molar-refractivity contribution in [3.63, 3.8) is 0 Å². The highest BCUT2D eigenvalue weighted by molar-refractivity contribution is 7.16. The Bertz CT molecular complexity index is 2230. The van der Waals surface area contributed by atoms with Gasteiger partial charge in [0.05, 0.1) is 42.0 Å². The maximum absolute atomic E-state index is 14.8. The van der Waals surface area contributed by atoms with Crippen LogP contribution in [0.1, 0.15) is 88.8 Å². The molecule has 6 heterocycles. The van der Waals surface area contributed by atoms with Crippen molar-refractivity contribution in [2.24, 2.45) is 11.8 Å². The van der Waals surface area contributed by atoms with Gasteiger partial charge in [-0.3, -0.25) is 9.59 Å². The van der Waals surface area contributed by atoms with E-state index in [9.17, 15) is 9.59 Å². The van der Waals surface area contributed by atoms with Gasteiger partial charge in [-0.1, -0.05) is 103 Å². The number of unbranched alkanes of at least 4 members (excludes halogenated alkanes) is 2. The second-order valence-corrected chi connectivity index (χ2v) is 17.3. The molecular weight excluding hydrogens is 733 g/mol. The highest BCUT2D eigenvalue weighted by Crippen LogP contribution is 2.44. The van der Waals surface area contributed by atoms with Gasteiger partial charge in [0.15, 0.2) is 0 Å². The first-order chi connectivity index (χ1) is 27.4. The lowest BCUT2D eigenvalue weighted by atomic mass is 9.98. The molecule has 0 radical (unpaired) electrons. The number of hydrogen-bond donors (Lipinski definition) is 0. The minimum absolute atomic E-state index is 0.0957. The summed E-state index contributed by atoms with van der Waals surface area (Å²) in [6.07, 6.45) is 12.5. The van der Waals surface area contributed by atoms with Crippen molar-refractivity contribution in [3.05, 3.63) is 118 Å². The molecule has 2 aliphatic rings. The first kappa shape index (κ1) is 38.0. The zero-order valence-electron chi connectivity index (χ0n) is 32.8. The Labute approximate surface area is 337 Å². The van der Waals surface area contributed by atoms with Crippen molar-refractivity contribution in [2.75, 3.05) is 13.1 Å². The molecule has 0 N–H and O–H groups in total. The normalized spacial score (nSPS) is 17.1. The first-order valence-corrected chi connectivity index (χ1v) is 22.0. The van der Waals surface area contributed by atoms with Gasteiger partial charge >= 0.3 is 0 Å². The molecule has 8 rings (SSSR count). The van der Waals surface area contributed by atoms with E-state index in [0.717, 1.165) is 116 Å². The first-order valence-electron chi connectivity index (χ1n) is 20.4. The summed E-state index contributed by atoms with van der Waals surface area (Å²) in [7, 11) is 0. The fourth-order valence-corrected chi connectivity index (χ4v) is 9.96. The Kier molecular flexibility index (Phi) is 11.3. The van der Waals surface area contributed by atoms with Crippen LogP contribution < -0.4 is 0 Å². The van der Waals surface area contributed by atoms with E-state index in [1.54, 1.807) is 22.7 Å². The zero-order valence-corrected chi connectivity index (χ0v) is 34.4. The third-order valence-corrected chi connectivity index (χ3v) is 13.7. The quantitative estimate of drug-likeness (QED) is 0.0917. The maximum Gasteiger partial charge on any atom is 0.259 e. The van der Waals surface area contributed by atoms with Crippen LogP contribution in [0.2, 0.25) is 0 Å². The summed E-state index contributed by atoms with van der Waals surface area (Å²) < 4.78 is 12.5. The van der Waals surface area contributed by atoms with Crippen LogP contribution in [-0.2, 0) is 9.59 Å².